The van der Waals surface area contributed by atoms with E-state index in [4.69, 9.17) is 4.74 Å². The van der Waals surface area contributed by atoms with Crippen molar-refractivity contribution in [2.75, 3.05) is 39.1 Å². The summed E-state index contributed by atoms with van der Waals surface area (Å²) in [6.45, 7) is 7.87. The Hall–Kier alpha value is -2.86. The second-order valence-electron chi connectivity index (χ2n) is 12.0. The van der Waals surface area contributed by atoms with Crippen LogP contribution in [0.3, 0.4) is 0 Å². The highest BCUT2D eigenvalue weighted by atomic mass is 16.5. The predicted octanol–water partition coefficient (Wildman–Crippen LogP) is 5.85. The lowest BCUT2D eigenvalue weighted by molar-refractivity contribution is -0.128. The normalized spacial score (nSPS) is 21.8. The first-order valence-corrected chi connectivity index (χ1v) is 14.7. The number of hydrogen-bond donors (Lipinski definition) is 0. The van der Waals surface area contributed by atoms with E-state index in [-0.39, 0.29) is 23.8 Å². The third kappa shape index (κ3) is 8.07. The van der Waals surface area contributed by atoms with Gasteiger partial charge in [-0.05, 0) is 105 Å². The van der Waals surface area contributed by atoms with Gasteiger partial charge in [-0.25, -0.2) is 0 Å². The van der Waals surface area contributed by atoms with E-state index < -0.39 is 0 Å². The molecule has 1 heterocycles. The first-order valence-electron chi connectivity index (χ1n) is 14.7. The van der Waals surface area contributed by atoms with E-state index in [1.165, 1.54) is 37.1 Å². The lowest BCUT2D eigenvalue weighted by Gasteiger charge is -2.32. The zero-order valence-corrected chi connectivity index (χ0v) is 24.6. The molecule has 6 heteroatoms. The zero-order valence-electron chi connectivity index (χ0n) is 24.6. The van der Waals surface area contributed by atoms with Gasteiger partial charge in [0, 0.05) is 52.3 Å². The molecular formula is C33H47N3O3. The molecular weight excluding hydrogens is 486 g/mol. The number of carbonyl (C=O) groups is 2. The summed E-state index contributed by atoms with van der Waals surface area (Å²) in [6, 6.07) is 14.6. The molecule has 0 radical (unpaired) electrons. The first kappa shape index (κ1) is 29.1. The van der Waals surface area contributed by atoms with Crippen LogP contribution in [0.1, 0.15) is 68.6 Å². The SMILES string of the molecule is Cc1cc(N(C)C(=O)C2CCC(Oc3cccc(CCC(=O)N(C)C)c3)CC2)ccc1CN1CCC[C@@H](C)C1. The van der Waals surface area contributed by atoms with Gasteiger partial charge in [-0.1, -0.05) is 25.1 Å². The van der Waals surface area contributed by atoms with Gasteiger partial charge in [0.1, 0.15) is 5.75 Å². The summed E-state index contributed by atoms with van der Waals surface area (Å²) in [5.74, 6) is 2.00. The Morgan fingerprint density at radius 1 is 1.00 bits per heavy atom. The highest BCUT2D eigenvalue weighted by Crippen LogP contribution is 2.31. The lowest BCUT2D eigenvalue weighted by atomic mass is 9.86. The van der Waals surface area contributed by atoms with Crippen LogP contribution in [0.25, 0.3) is 0 Å². The molecule has 2 fully saturated rings. The average Bonchev–Trinajstić information content (AvgIpc) is 2.92. The standard InChI is InChI=1S/C33H47N3O3/c1-24-8-7-19-36(22-24)23-28-12-15-29(20-25(28)2)35(5)33(38)27-13-16-30(17-14-27)39-31-10-6-9-26(21-31)11-18-32(37)34(3)4/h6,9-10,12,15,20-21,24,27,30H,7-8,11,13-14,16-19,22-23H2,1-5H3/t24-,27?,30?/m1/s1. The summed E-state index contributed by atoms with van der Waals surface area (Å²) < 4.78 is 6.30. The van der Waals surface area contributed by atoms with E-state index in [1.807, 2.05) is 36.2 Å². The minimum absolute atomic E-state index is 0.0352. The van der Waals surface area contributed by atoms with Crippen molar-refractivity contribution >= 4 is 17.5 Å². The largest absolute Gasteiger partial charge is 0.490 e. The number of anilines is 1. The molecule has 1 saturated carbocycles. The number of benzene rings is 2. The average molecular weight is 534 g/mol. The highest BCUT2D eigenvalue weighted by molar-refractivity contribution is 5.94. The number of likely N-dealkylation sites (tertiary alicyclic amines) is 1. The number of hydrogen-bond acceptors (Lipinski definition) is 4. The Labute approximate surface area is 235 Å². The molecule has 4 rings (SSSR count). The van der Waals surface area contributed by atoms with Crippen molar-refractivity contribution in [2.24, 2.45) is 11.8 Å². The summed E-state index contributed by atoms with van der Waals surface area (Å²) in [7, 11) is 5.49. The summed E-state index contributed by atoms with van der Waals surface area (Å²) in [5.41, 5.74) is 4.71. The molecule has 212 valence electrons. The number of aryl methyl sites for hydroxylation is 2. The van der Waals surface area contributed by atoms with Gasteiger partial charge in [0.15, 0.2) is 0 Å². The van der Waals surface area contributed by atoms with Gasteiger partial charge in [-0.3, -0.25) is 14.5 Å². The van der Waals surface area contributed by atoms with Gasteiger partial charge < -0.3 is 14.5 Å². The molecule has 1 saturated heterocycles. The smallest absolute Gasteiger partial charge is 0.229 e. The minimum atomic E-state index is 0.0352. The van der Waals surface area contributed by atoms with Crippen LogP contribution in [-0.4, -0.2) is 62.0 Å². The second kappa shape index (κ2) is 13.5. The molecule has 0 spiro atoms. The highest BCUT2D eigenvalue weighted by Gasteiger charge is 2.30. The molecule has 6 nitrogen and oxygen atoms in total. The van der Waals surface area contributed by atoms with Crippen molar-refractivity contribution < 1.29 is 14.3 Å². The molecule has 2 aliphatic rings. The zero-order chi connectivity index (χ0) is 27.9. The maximum atomic E-state index is 13.4. The van der Waals surface area contributed by atoms with Gasteiger partial charge >= 0.3 is 0 Å². The molecule has 2 aromatic carbocycles. The van der Waals surface area contributed by atoms with Crippen molar-refractivity contribution in [1.82, 2.24) is 9.80 Å². The third-order valence-corrected chi connectivity index (χ3v) is 8.53. The predicted molar refractivity (Wildman–Crippen MR) is 158 cm³/mol. The van der Waals surface area contributed by atoms with Gasteiger partial charge in [-0.2, -0.15) is 0 Å². The summed E-state index contributed by atoms with van der Waals surface area (Å²) in [6.07, 6.45) is 7.38. The lowest BCUT2D eigenvalue weighted by Crippen LogP contribution is -2.37. The molecule has 1 aliphatic carbocycles. The Balaban J connectivity index is 1.26. The molecule has 2 aromatic rings. The Morgan fingerprint density at radius 3 is 2.46 bits per heavy atom. The van der Waals surface area contributed by atoms with Crippen LogP contribution in [0.5, 0.6) is 5.75 Å². The Morgan fingerprint density at radius 2 is 1.77 bits per heavy atom. The van der Waals surface area contributed by atoms with E-state index in [0.717, 1.165) is 55.1 Å². The van der Waals surface area contributed by atoms with Crippen LogP contribution in [0.2, 0.25) is 0 Å². The topological polar surface area (TPSA) is 53.1 Å². The van der Waals surface area contributed by atoms with Crippen LogP contribution in [0, 0.1) is 18.8 Å². The molecule has 2 amide bonds. The minimum Gasteiger partial charge on any atom is -0.490 e. The summed E-state index contributed by atoms with van der Waals surface area (Å²) >= 11 is 0. The van der Waals surface area contributed by atoms with Crippen molar-refractivity contribution in [3.05, 3.63) is 59.2 Å². The van der Waals surface area contributed by atoms with Gasteiger partial charge in [0.05, 0.1) is 6.10 Å². The van der Waals surface area contributed by atoms with Gasteiger partial charge in [-0.15, -0.1) is 0 Å². The molecule has 0 bridgehead atoms. The fourth-order valence-electron chi connectivity index (χ4n) is 6.01. The summed E-state index contributed by atoms with van der Waals surface area (Å²) in [4.78, 5) is 31.3. The maximum absolute atomic E-state index is 13.4. The summed E-state index contributed by atoms with van der Waals surface area (Å²) in [5, 5.41) is 0. The fourth-order valence-corrected chi connectivity index (χ4v) is 6.01. The van der Waals surface area contributed by atoms with Crippen molar-refractivity contribution in [1.29, 1.82) is 0 Å². The quantitative estimate of drug-likeness (QED) is 0.406. The number of carbonyl (C=O) groups excluding carboxylic acids is 2. The third-order valence-electron chi connectivity index (χ3n) is 8.53. The van der Waals surface area contributed by atoms with Crippen molar-refractivity contribution in [3.8, 4) is 5.75 Å². The molecule has 1 aliphatic heterocycles. The van der Waals surface area contributed by atoms with Gasteiger partial charge in [0.25, 0.3) is 0 Å². The van der Waals surface area contributed by atoms with Crippen molar-refractivity contribution in [3.63, 3.8) is 0 Å². The molecule has 0 N–H and O–H groups in total. The van der Waals surface area contributed by atoms with E-state index in [9.17, 15) is 9.59 Å². The maximum Gasteiger partial charge on any atom is 0.229 e. The second-order valence-corrected chi connectivity index (χ2v) is 12.0. The number of rotatable bonds is 9. The molecule has 39 heavy (non-hydrogen) atoms. The van der Waals surface area contributed by atoms with Crippen LogP contribution in [0.4, 0.5) is 5.69 Å². The molecule has 1 atom stereocenters. The van der Waals surface area contributed by atoms with E-state index in [0.29, 0.717) is 12.8 Å². The van der Waals surface area contributed by atoms with Crippen LogP contribution in [0.15, 0.2) is 42.5 Å². The number of amides is 2. The van der Waals surface area contributed by atoms with E-state index in [1.54, 1.807) is 19.0 Å². The van der Waals surface area contributed by atoms with Crippen LogP contribution >= 0.6 is 0 Å². The van der Waals surface area contributed by atoms with Gasteiger partial charge in [0.2, 0.25) is 11.8 Å². The Kier molecular flexibility index (Phi) is 10.1. The Bertz CT molecular complexity index is 1120. The first-order chi connectivity index (χ1) is 18.7. The van der Waals surface area contributed by atoms with Crippen LogP contribution < -0.4 is 9.64 Å². The molecule has 0 aromatic heterocycles. The van der Waals surface area contributed by atoms with E-state index >= 15 is 0 Å². The number of nitrogens with zero attached hydrogens (tertiary/aromatic N) is 3. The van der Waals surface area contributed by atoms with E-state index in [2.05, 4.69) is 36.9 Å². The monoisotopic (exact) mass is 533 g/mol. The number of piperidine rings is 1. The van der Waals surface area contributed by atoms with Crippen molar-refractivity contribution in [2.45, 2.75) is 77.9 Å². The number of ether oxygens (including phenoxy) is 1. The fraction of sp³-hybridized carbons (Fsp3) is 0.576. The molecule has 0 unspecified atom stereocenters. The van der Waals surface area contributed by atoms with Crippen LogP contribution in [-0.2, 0) is 22.6 Å².